The van der Waals surface area contributed by atoms with Crippen LogP contribution >= 0.6 is 0 Å². The Hall–Kier alpha value is -5.57. The number of nitrogen functional groups attached to an aromatic ring is 1. The zero-order chi connectivity index (χ0) is 30.6. The van der Waals surface area contributed by atoms with Crippen molar-refractivity contribution < 1.29 is 18.7 Å². The third kappa shape index (κ3) is 6.12. The van der Waals surface area contributed by atoms with Gasteiger partial charge >= 0.3 is 0 Å². The summed E-state index contributed by atoms with van der Waals surface area (Å²) < 4.78 is 27.9. The number of halogens is 1. The third-order valence-corrected chi connectivity index (χ3v) is 7.26. The van der Waals surface area contributed by atoms with Gasteiger partial charge in [-0.15, -0.1) is 0 Å². The second-order valence-corrected chi connectivity index (χ2v) is 10.3. The summed E-state index contributed by atoms with van der Waals surface area (Å²) in [6, 6.07) is 11.3. The first-order valence-corrected chi connectivity index (χ1v) is 14.1. The molecule has 1 fully saturated rings. The number of anilines is 1. The van der Waals surface area contributed by atoms with Crippen LogP contribution in [-0.2, 0) is 17.9 Å². The predicted octanol–water partition coefficient (Wildman–Crippen LogP) is 4.70. The number of rotatable bonds is 8. The summed E-state index contributed by atoms with van der Waals surface area (Å²) in [5, 5.41) is 5.48. The van der Waals surface area contributed by atoms with E-state index in [1.165, 1.54) is 18.5 Å². The molecule has 0 aliphatic carbocycles. The fourth-order valence-electron chi connectivity index (χ4n) is 5.19. The Morgan fingerprint density at radius 2 is 1.84 bits per heavy atom. The monoisotopic (exact) mass is 592 g/mol. The van der Waals surface area contributed by atoms with E-state index in [2.05, 4.69) is 31.8 Å². The molecule has 2 aromatic carbocycles. The van der Waals surface area contributed by atoms with Crippen LogP contribution in [0.15, 0.2) is 61.2 Å². The van der Waals surface area contributed by atoms with Crippen LogP contribution in [0.2, 0.25) is 0 Å². The van der Waals surface area contributed by atoms with Crippen LogP contribution in [0.25, 0.3) is 22.3 Å². The van der Waals surface area contributed by atoms with E-state index in [0.717, 1.165) is 24.0 Å². The van der Waals surface area contributed by atoms with Crippen LogP contribution in [0.3, 0.4) is 0 Å². The summed E-state index contributed by atoms with van der Waals surface area (Å²) in [6.45, 7) is 4.74. The van der Waals surface area contributed by atoms with Gasteiger partial charge in [0.1, 0.15) is 53.3 Å². The van der Waals surface area contributed by atoms with Crippen LogP contribution in [-0.4, -0.2) is 53.1 Å². The predicted molar refractivity (Wildman–Crippen MR) is 161 cm³/mol. The lowest BCUT2D eigenvalue weighted by Crippen LogP contribution is -2.37. The summed E-state index contributed by atoms with van der Waals surface area (Å²) in [7, 11) is 0. The van der Waals surface area contributed by atoms with Crippen molar-refractivity contribution in [3.8, 4) is 40.3 Å². The maximum atomic E-state index is 14.4. The number of benzene rings is 2. The molecule has 1 aliphatic heterocycles. The molecule has 0 saturated carbocycles. The maximum absolute atomic E-state index is 14.4. The summed E-state index contributed by atoms with van der Waals surface area (Å²) in [5.74, 6) is 6.70. The number of hydrogen-bond acceptors (Lipinski definition) is 9. The minimum absolute atomic E-state index is 0.0587. The number of nitrogens with two attached hydrogens (primary N) is 1. The van der Waals surface area contributed by atoms with Crippen LogP contribution < -0.4 is 15.2 Å². The van der Waals surface area contributed by atoms with E-state index in [0.29, 0.717) is 53.0 Å². The molecule has 0 spiro atoms. The number of amides is 1. The summed E-state index contributed by atoms with van der Waals surface area (Å²) in [6.07, 6.45) is 6.47. The van der Waals surface area contributed by atoms with Gasteiger partial charge < -0.3 is 20.1 Å². The van der Waals surface area contributed by atoms with E-state index in [-0.39, 0.29) is 24.3 Å². The minimum atomic E-state index is -0.494. The fourth-order valence-corrected chi connectivity index (χ4v) is 5.19. The molecule has 0 unspecified atom stereocenters. The highest BCUT2D eigenvalue weighted by atomic mass is 19.1. The van der Waals surface area contributed by atoms with E-state index in [4.69, 9.17) is 20.3 Å². The molecule has 5 aromatic rings. The molecule has 4 heterocycles. The fraction of sp³-hybridized carbons (Fsp3) is 0.250. The van der Waals surface area contributed by atoms with Crippen molar-refractivity contribution in [2.24, 2.45) is 0 Å². The molecule has 2 N–H and O–H groups in total. The van der Waals surface area contributed by atoms with Crippen molar-refractivity contribution in [1.82, 2.24) is 34.6 Å². The van der Waals surface area contributed by atoms with Gasteiger partial charge in [0, 0.05) is 48.3 Å². The van der Waals surface area contributed by atoms with Crippen molar-refractivity contribution in [2.45, 2.75) is 45.9 Å². The van der Waals surface area contributed by atoms with Crippen LogP contribution in [0.4, 0.5) is 10.2 Å². The first-order valence-electron chi connectivity index (χ1n) is 14.1. The highest BCUT2D eigenvalue weighted by Crippen LogP contribution is 2.33. The van der Waals surface area contributed by atoms with Gasteiger partial charge in [-0.3, -0.25) is 4.79 Å². The Labute approximate surface area is 252 Å². The van der Waals surface area contributed by atoms with Crippen molar-refractivity contribution in [3.63, 3.8) is 0 Å². The molecular weight excluding hydrogens is 563 g/mol. The Bertz CT molecular complexity index is 1880. The number of carbonyl (C=O) groups is 1. The molecule has 222 valence electrons. The Kier molecular flexibility index (Phi) is 8.01. The Morgan fingerprint density at radius 3 is 2.61 bits per heavy atom. The molecule has 44 heavy (non-hydrogen) atoms. The minimum Gasteiger partial charge on any atom is -0.489 e. The number of aromatic nitrogens is 6. The number of nitrogens with zero attached hydrogens (tertiary/aromatic N) is 7. The summed E-state index contributed by atoms with van der Waals surface area (Å²) >= 11 is 0. The zero-order valence-electron chi connectivity index (χ0n) is 24.2. The lowest BCUT2D eigenvalue weighted by molar-refractivity contribution is -0.126. The summed E-state index contributed by atoms with van der Waals surface area (Å²) in [5.41, 5.74) is 9.01. The van der Waals surface area contributed by atoms with E-state index >= 15 is 0 Å². The first kappa shape index (κ1) is 28.5. The van der Waals surface area contributed by atoms with Gasteiger partial charge in [0.15, 0.2) is 5.65 Å². The molecular formula is C32H29FN8O3. The maximum Gasteiger partial charge on any atom is 0.298 e. The largest absolute Gasteiger partial charge is 0.489 e. The Balaban J connectivity index is 1.21. The molecule has 12 heteroatoms. The molecule has 6 rings (SSSR count). The molecule has 0 radical (unpaired) electrons. The van der Waals surface area contributed by atoms with Gasteiger partial charge in [0.05, 0.1) is 18.0 Å². The molecule has 0 bridgehead atoms. The average Bonchev–Trinajstić information content (AvgIpc) is 3.63. The quantitative estimate of drug-likeness (QED) is 0.255. The lowest BCUT2D eigenvalue weighted by atomic mass is 10.1. The van der Waals surface area contributed by atoms with Crippen LogP contribution in [0.1, 0.15) is 31.2 Å². The van der Waals surface area contributed by atoms with Crippen molar-refractivity contribution in [2.75, 3.05) is 12.3 Å². The number of ether oxygens (including phenoxy) is 2. The molecule has 1 saturated heterocycles. The molecule has 1 amide bonds. The van der Waals surface area contributed by atoms with Crippen molar-refractivity contribution in [1.29, 1.82) is 0 Å². The standard InChI is InChI=1S/C32H29FN8O3/c1-3-5-28(42)40-11-4-6-24(40)17-41-32-29(31(34)37-19-38-32)30(39-41)22-7-9-25(10-8-22)44-27-13-23(33)12-26(14-27)43-18-21-15-35-20(2)36-16-21/h7-10,12-16,19,24H,4,6,11,17-18H2,1-2H3,(H2,34,37,38)/t24-/m1/s1. The van der Waals surface area contributed by atoms with E-state index in [1.807, 2.05) is 12.1 Å². The SMILES string of the molecule is CC#CC(=O)N1CCC[C@@H]1Cn1nc(-c2ccc(Oc3cc(F)cc(OCc4cnc(C)nc4)c3)cc2)c2c(N)ncnc21. The number of likely N-dealkylation sites (tertiary alicyclic amines) is 1. The van der Waals surface area contributed by atoms with Gasteiger partial charge in [0.2, 0.25) is 0 Å². The highest BCUT2D eigenvalue weighted by Gasteiger charge is 2.30. The van der Waals surface area contributed by atoms with E-state index in [1.54, 1.807) is 54.0 Å². The number of aryl methyl sites for hydroxylation is 1. The van der Waals surface area contributed by atoms with Gasteiger partial charge in [-0.2, -0.15) is 5.10 Å². The van der Waals surface area contributed by atoms with Crippen molar-refractivity contribution >= 4 is 22.8 Å². The smallest absolute Gasteiger partial charge is 0.298 e. The second kappa shape index (κ2) is 12.3. The van der Waals surface area contributed by atoms with Crippen LogP contribution in [0.5, 0.6) is 17.2 Å². The lowest BCUT2D eigenvalue weighted by Gasteiger charge is -2.22. The number of hydrogen-bond donors (Lipinski definition) is 1. The number of carbonyl (C=O) groups excluding carboxylic acids is 1. The normalized spacial score (nSPS) is 14.3. The third-order valence-electron chi connectivity index (χ3n) is 7.26. The molecule has 1 atom stereocenters. The van der Waals surface area contributed by atoms with Gasteiger partial charge in [-0.25, -0.2) is 29.0 Å². The zero-order valence-corrected chi connectivity index (χ0v) is 24.2. The van der Waals surface area contributed by atoms with Gasteiger partial charge in [0.25, 0.3) is 5.91 Å². The second-order valence-electron chi connectivity index (χ2n) is 10.3. The van der Waals surface area contributed by atoms with E-state index in [9.17, 15) is 9.18 Å². The summed E-state index contributed by atoms with van der Waals surface area (Å²) in [4.78, 5) is 31.3. The van der Waals surface area contributed by atoms with E-state index < -0.39 is 5.82 Å². The molecule has 11 nitrogen and oxygen atoms in total. The van der Waals surface area contributed by atoms with Gasteiger partial charge in [-0.05, 0) is 56.9 Å². The topological polar surface area (TPSA) is 134 Å². The van der Waals surface area contributed by atoms with Gasteiger partial charge in [-0.1, -0.05) is 5.92 Å². The molecule has 3 aromatic heterocycles. The van der Waals surface area contributed by atoms with Crippen LogP contribution in [0, 0.1) is 24.6 Å². The van der Waals surface area contributed by atoms with Crippen molar-refractivity contribution in [3.05, 3.63) is 78.4 Å². The first-order chi connectivity index (χ1) is 21.4. The number of fused-ring (bicyclic) bond motifs is 1. The highest BCUT2D eigenvalue weighted by molar-refractivity contribution is 5.98. The Morgan fingerprint density at radius 1 is 1.07 bits per heavy atom. The average molecular weight is 593 g/mol. The molecule has 1 aliphatic rings.